The van der Waals surface area contributed by atoms with Gasteiger partial charge in [0.25, 0.3) is 0 Å². The fraction of sp³-hybridized carbons (Fsp3) is 0.0769. The Labute approximate surface area is 88.7 Å². The van der Waals surface area contributed by atoms with E-state index in [9.17, 15) is 0 Å². The van der Waals surface area contributed by atoms with E-state index in [0.29, 0.717) is 0 Å². The molecule has 0 radical (unpaired) electrons. The molecule has 1 heterocycles. The summed E-state index contributed by atoms with van der Waals surface area (Å²) in [4.78, 5) is 0. The van der Waals surface area contributed by atoms with E-state index in [2.05, 4.69) is 23.5 Å². The van der Waals surface area contributed by atoms with Gasteiger partial charge in [-0.15, -0.1) is 0 Å². The van der Waals surface area contributed by atoms with Gasteiger partial charge in [0.2, 0.25) is 0 Å². The summed E-state index contributed by atoms with van der Waals surface area (Å²) in [7, 11) is 0. The van der Waals surface area contributed by atoms with Crippen LogP contribution in [0.15, 0.2) is 42.5 Å². The molecule has 0 aromatic heterocycles. The maximum atomic E-state index is 5.77. The van der Waals surface area contributed by atoms with Crippen LogP contribution in [0.4, 0.5) is 17.1 Å². The minimum atomic E-state index is 0.829. The zero-order chi connectivity index (χ0) is 10.3. The summed E-state index contributed by atoms with van der Waals surface area (Å²) in [5, 5.41) is 3.41. The van der Waals surface area contributed by atoms with Gasteiger partial charge in [-0.1, -0.05) is 18.2 Å². The van der Waals surface area contributed by atoms with Crippen LogP contribution in [0.1, 0.15) is 11.1 Å². The molecule has 0 atom stereocenters. The van der Waals surface area contributed by atoms with Gasteiger partial charge in [0.05, 0.1) is 0 Å². The van der Waals surface area contributed by atoms with E-state index in [1.165, 1.54) is 22.5 Å². The van der Waals surface area contributed by atoms with Gasteiger partial charge in [-0.25, -0.2) is 0 Å². The number of hydrogen-bond donors (Lipinski definition) is 2. The number of anilines is 3. The monoisotopic (exact) mass is 196 g/mol. The summed E-state index contributed by atoms with van der Waals surface area (Å²) in [6.07, 6.45) is 0.962. The third-order valence-corrected chi connectivity index (χ3v) is 2.80. The summed E-state index contributed by atoms with van der Waals surface area (Å²) in [6, 6.07) is 14.4. The number of hydrogen-bond acceptors (Lipinski definition) is 2. The summed E-state index contributed by atoms with van der Waals surface area (Å²) in [6.45, 7) is 0. The third-order valence-electron chi connectivity index (χ3n) is 2.80. The summed E-state index contributed by atoms with van der Waals surface area (Å²) in [5.74, 6) is 0. The molecular formula is C13H12N2. The van der Waals surface area contributed by atoms with Crippen molar-refractivity contribution in [1.29, 1.82) is 0 Å². The van der Waals surface area contributed by atoms with Crippen LogP contribution in [0, 0.1) is 0 Å². The molecule has 0 saturated heterocycles. The summed E-state index contributed by atoms with van der Waals surface area (Å²) in [5.41, 5.74) is 11.6. The van der Waals surface area contributed by atoms with Gasteiger partial charge in [0.15, 0.2) is 0 Å². The Morgan fingerprint density at radius 2 is 1.73 bits per heavy atom. The molecule has 3 N–H and O–H groups in total. The Morgan fingerprint density at radius 3 is 2.67 bits per heavy atom. The van der Waals surface area contributed by atoms with E-state index in [0.717, 1.165) is 12.1 Å². The molecule has 0 bridgehead atoms. The predicted octanol–water partition coefficient (Wildman–Crippen LogP) is 2.92. The first-order chi connectivity index (χ1) is 7.33. The van der Waals surface area contributed by atoms with Crippen LogP contribution >= 0.6 is 0 Å². The molecule has 2 aromatic carbocycles. The SMILES string of the molecule is Nc1ccc2c(c1)Cc1ccccc1N2. The van der Waals surface area contributed by atoms with Crippen LogP contribution < -0.4 is 11.1 Å². The highest BCUT2D eigenvalue weighted by Gasteiger charge is 2.13. The van der Waals surface area contributed by atoms with Gasteiger partial charge in [-0.05, 0) is 35.4 Å². The van der Waals surface area contributed by atoms with E-state index in [-0.39, 0.29) is 0 Å². The number of fused-ring (bicyclic) bond motifs is 2. The zero-order valence-electron chi connectivity index (χ0n) is 8.33. The minimum Gasteiger partial charge on any atom is -0.399 e. The first-order valence-corrected chi connectivity index (χ1v) is 5.06. The standard InChI is InChI=1S/C13H12N2/c14-11-5-6-13-10(8-11)7-9-3-1-2-4-12(9)15-13/h1-6,8,15H,7,14H2. The number of nitrogens with two attached hydrogens (primary N) is 1. The highest BCUT2D eigenvalue weighted by molar-refractivity contribution is 5.73. The van der Waals surface area contributed by atoms with Crippen LogP contribution in [-0.4, -0.2) is 0 Å². The van der Waals surface area contributed by atoms with Crippen LogP contribution in [0.5, 0.6) is 0 Å². The molecule has 2 nitrogen and oxygen atoms in total. The van der Waals surface area contributed by atoms with Gasteiger partial charge in [0, 0.05) is 23.5 Å². The lowest BCUT2D eigenvalue weighted by atomic mass is 9.97. The molecule has 0 unspecified atom stereocenters. The molecule has 0 spiro atoms. The molecule has 2 heteroatoms. The second-order valence-corrected chi connectivity index (χ2v) is 3.88. The molecular weight excluding hydrogens is 184 g/mol. The van der Waals surface area contributed by atoms with Crippen LogP contribution in [0.3, 0.4) is 0 Å². The average molecular weight is 196 g/mol. The molecule has 1 aliphatic rings. The fourth-order valence-electron chi connectivity index (χ4n) is 2.03. The number of nitrogen functional groups attached to an aromatic ring is 1. The lowest BCUT2D eigenvalue weighted by Gasteiger charge is -2.21. The molecule has 0 aliphatic carbocycles. The lowest BCUT2D eigenvalue weighted by molar-refractivity contribution is 1.16. The van der Waals surface area contributed by atoms with Crippen molar-refractivity contribution in [2.45, 2.75) is 6.42 Å². The number of rotatable bonds is 0. The number of para-hydroxylation sites is 1. The number of benzene rings is 2. The van der Waals surface area contributed by atoms with Crippen molar-refractivity contribution in [3.8, 4) is 0 Å². The maximum Gasteiger partial charge on any atom is 0.0421 e. The van der Waals surface area contributed by atoms with Gasteiger partial charge in [-0.3, -0.25) is 0 Å². The average Bonchev–Trinajstić information content (AvgIpc) is 2.26. The van der Waals surface area contributed by atoms with Crippen molar-refractivity contribution in [1.82, 2.24) is 0 Å². The van der Waals surface area contributed by atoms with Gasteiger partial charge in [-0.2, -0.15) is 0 Å². The Kier molecular flexibility index (Phi) is 1.68. The van der Waals surface area contributed by atoms with Gasteiger partial charge >= 0.3 is 0 Å². The highest BCUT2D eigenvalue weighted by atomic mass is 14.9. The summed E-state index contributed by atoms with van der Waals surface area (Å²) < 4.78 is 0. The Morgan fingerprint density at radius 1 is 0.933 bits per heavy atom. The van der Waals surface area contributed by atoms with Gasteiger partial charge in [0.1, 0.15) is 0 Å². The molecule has 15 heavy (non-hydrogen) atoms. The van der Waals surface area contributed by atoms with Crippen LogP contribution in [-0.2, 0) is 6.42 Å². The van der Waals surface area contributed by atoms with E-state index >= 15 is 0 Å². The minimum absolute atomic E-state index is 0.829. The lowest BCUT2D eigenvalue weighted by Crippen LogP contribution is -2.06. The van der Waals surface area contributed by atoms with Crippen molar-refractivity contribution in [3.63, 3.8) is 0 Å². The molecule has 3 rings (SSSR count). The van der Waals surface area contributed by atoms with Crippen molar-refractivity contribution in [2.24, 2.45) is 0 Å². The van der Waals surface area contributed by atoms with Gasteiger partial charge < -0.3 is 11.1 Å². The first kappa shape index (κ1) is 8.36. The topological polar surface area (TPSA) is 38.0 Å². The van der Waals surface area contributed by atoms with Crippen LogP contribution in [0.2, 0.25) is 0 Å². The second kappa shape index (κ2) is 3.02. The van der Waals surface area contributed by atoms with Crippen molar-refractivity contribution < 1.29 is 0 Å². The number of nitrogens with one attached hydrogen (secondary N) is 1. The van der Waals surface area contributed by atoms with Crippen molar-refractivity contribution >= 4 is 17.1 Å². The van der Waals surface area contributed by atoms with E-state index in [4.69, 9.17) is 5.73 Å². The van der Waals surface area contributed by atoms with Crippen molar-refractivity contribution in [2.75, 3.05) is 11.1 Å². The fourth-order valence-corrected chi connectivity index (χ4v) is 2.03. The van der Waals surface area contributed by atoms with Crippen LogP contribution in [0.25, 0.3) is 0 Å². The Hall–Kier alpha value is -1.96. The molecule has 2 aromatic rings. The molecule has 74 valence electrons. The normalized spacial score (nSPS) is 12.5. The second-order valence-electron chi connectivity index (χ2n) is 3.88. The molecule has 1 aliphatic heterocycles. The molecule has 0 amide bonds. The highest BCUT2D eigenvalue weighted by Crippen LogP contribution is 2.33. The Bertz CT molecular complexity index is 518. The molecule has 0 fully saturated rings. The summed E-state index contributed by atoms with van der Waals surface area (Å²) >= 11 is 0. The largest absolute Gasteiger partial charge is 0.399 e. The molecule has 0 saturated carbocycles. The zero-order valence-corrected chi connectivity index (χ0v) is 8.33. The van der Waals surface area contributed by atoms with E-state index in [1.807, 2.05) is 24.3 Å². The Balaban J connectivity index is 2.11. The van der Waals surface area contributed by atoms with E-state index in [1.54, 1.807) is 0 Å². The van der Waals surface area contributed by atoms with Crippen molar-refractivity contribution in [3.05, 3.63) is 53.6 Å². The maximum absolute atomic E-state index is 5.77. The predicted molar refractivity (Wildman–Crippen MR) is 63.4 cm³/mol. The first-order valence-electron chi connectivity index (χ1n) is 5.06. The third kappa shape index (κ3) is 1.34. The quantitative estimate of drug-likeness (QED) is 0.542. The smallest absolute Gasteiger partial charge is 0.0421 e. The van der Waals surface area contributed by atoms with E-state index < -0.39 is 0 Å².